The van der Waals surface area contributed by atoms with Gasteiger partial charge in [0.15, 0.2) is 0 Å². The lowest BCUT2D eigenvalue weighted by Crippen LogP contribution is -2.05. The molecular formula is C9H7BrN2O2. The molecule has 0 saturated carbocycles. The molecule has 0 saturated heterocycles. The minimum absolute atomic E-state index is 0.0538. The number of carboxylic acids is 1. The molecule has 0 fully saturated rings. The smallest absolute Gasteiger partial charge is 0.372 e. The Morgan fingerprint density at radius 1 is 1.57 bits per heavy atom. The van der Waals surface area contributed by atoms with Crippen LogP contribution in [0.25, 0.3) is 11.0 Å². The third kappa shape index (κ3) is 1.29. The number of halogens is 1. The highest BCUT2D eigenvalue weighted by atomic mass is 79.9. The predicted molar refractivity (Wildman–Crippen MR) is 55.4 cm³/mol. The van der Waals surface area contributed by atoms with Crippen LogP contribution in [0.3, 0.4) is 0 Å². The lowest BCUT2D eigenvalue weighted by atomic mass is 10.3. The Kier molecular flexibility index (Phi) is 2.03. The van der Waals surface area contributed by atoms with E-state index in [9.17, 15) is 4.79 Å². The topological polar surface area (TPSA) is 55.1 Å². The molecule has 2 aromatic rings. The van der Waals surface area contributed by atoms with Gasteiger partial charge >= 0.3 is 5.97 Å². The summed E-state index contributed by atoms with van der Waals surface area (Å²) in [6, 6.07) is 5.46. The standard InChI is InChI=1S/C9H7BrN2O2/c1-12-7-4-5(10)2-3-6(7)11-8(12)9(13)14/h2-4H,1H3,(H,13,14). The maximum Gasteiger partial charge on any atom is 0.372 e. The number of hydrogen-bond acceptors (Lipinski definition) is 2. The van der Waals surface area contributed by atoms with Crippen LogP contribution < -0.4 is 0 Å². The van der Waals surface area contributed by atoms with Crippen LogP contribution in [0.15, 0.2) is 22.7 Å². The van der Waals surface area contributed by atoms with Gasteiger partial charge in [-0.3, -0.25) is 0 Å². The fourth-order valence-corrected chi connectivity index (χ4v) is 1.70. The minimum Gasteiger partial charge on any atom is -0.475 e. The van der Waals surface area contributed by atoms with Crippen molar-refractivity contribution in [2.45, 2.75) is 0 Å². The van der Waals surface area contributed by atoms with E-state index in [1.54, 1.807) is 17.7 Å². The van der Waals surface area contributed by atoms with E-state index in [-0.39, 0.29) is 5.82 Å². The van der Waals surface area contributed by atoms with Gasteiger partial charge in [0.05, 0.1) is 11.0 Å². The van der Waals surface area contributed by atoms with Gasteiger partial charge in [-0.05, 0) is 18.2 Å². The number of aromatic carboxylic acids is 1. The number of benzene rings is 1. The summed E-state index contributed by atoms with van der Waals surface area (Å²) in [6.45, 7) is 0. The number of hydrogen-bond donors (Lipinski definition) is 1. The van der Waals surface area contributed by atoms with Crippen molar-refractivity contribution in [1.82, 2.24) is 9.55 Å². The van der Waals surface area contributed by atoms with Crippen molar-refractivity contribution in [3.8, 4) is 0 Å². The third-order valence-electron chi connectivity index (χ3n) is 2.03. The Morgan fingerprint density at radius 3 is 2.93 bits per heavy atom. The summed E-state index contributed by atoms with van der Waals surface area (Å²) in [5, 5.41) is 8.84. The minimum atomic E-state index is -1.01. The molecule has 0 aliphatic carbocycles. The summed E-state index contributed by atoms with van der Waals surface area (Å²) >= 11 is 3.32. The summed E-state index contributed by atoms with van der Waals surface area (Å²) < 4.78 is 2.47. The lowest BCUT2D eigenvalue weighted by molar-refractivity contribution is 0.0680. The van der Waals surface area contributed by atoms with Crippen molar-refractivity contribution in [2.75, 3.05) is 0 Å². The SMILES string of the molecule is Cn1c(C(=O)O)nc2ccc(Br)cc21. The first-order chi connectivity index (χ1) is 6.59. The van der Waals surface area contributed by atoms with E-state index in [4.69, 9.17) is 5.11 Å². The number of nitrogens with zero attached hydrogens (tertiary/aromatic N) is 2. The Hall–Kier alpha value is -1.36. The number of aryl methyl sites for hydroxylation is 1. The number of carboxylic acid groups (broad SMARTS) is 1. The molecule has 0 atom stereocenters. The van der Waals surface area contributed by atoms with Crippen LogP contribution in [0, 0.1) is 0 Å². The van der Waals surface area contributed by atoms with Crippen molar-refractivity contribution >= 4 is 32.9 Å². The monoisotopic (exact) mass is 254 g/mol. The van der Waals surface area contributed by atoms with Gasteiger partial charge in [0, 0.05) is 11.5 Å². The van der Waals surface area contributed by atoms with Gasteiger partial charge in [-0.1, -0.05) is 15.9 Å². The van der Waals surface area contributed by atoms with E-state index in [0.717, 1.165) is 9.99 Å². The second kappa shape index (κ2) is 3.09. The first-order valence-electron chi connectivity index (χ1n) is 3.95. The van der Waals surface area contributed by atoms with Gasteiger partial charge in [-0.15, -0.1) is 0 Å². The molecular weight excluding hydrogens is 248 g/mol. The molecule has 0 spiro atoms. The Morgan fingerprint density at radius 2 is 2.29 bits per heavy atom. The van der Waals surface area contributed by atoms with E-state index in [1.807, 2.05) is 12.1 Å². The molecule has 2 rings (SSSR count). The van der Waals surface area contributed by atoms with Gasteiger partial charge in [0.1, 0.15) is 0 Å². The number of fused-ring (bicyclic) bond motifs is 1. The number of rotatable bonds is 1. The Labute approximate surface area is 88.3 Å². The normalized spacial score (nSPS) is 10.7. The molecule has 4 nitrogen and oxygen atoms in total. The molecule has 1 aromatic carbocycles. The summed E-state index contributed by atoms with van der Waals surface area (Å²) in [4.78, 5) is 14.8. The van der Waals surface area contributed by atoms with Crippen LogP contribution in [-0.4, -0.2) is 20.6 Å². The van der Waals surface area contributed by atoms with Gasteiger partial charge in [-0.2, -0.15) is 0 Å². The molecule has 0 unspecified atom stereocenters. The van der Waals surface area contributed by atoms with E-state index >= 15 is 0 Å². The van der Waals surface area contributed by atoms with Crippen molar-refractivity contribution in [3.63, 3.8) is 0 Å². The second-order valence-electron chi connectivity index (χ2n) is 2.93. The van der Waals surface area contributed by atoms with Gasteiger partial charge < -0.3 is 9.67 Å². The fraction of sp³-hybridized carbons (Fsp3) is 0.111. The van der Waals surface area contributed by atoms with Crippen molar-refractivity contribution in [2.24, 2.45) is 7.05 Å². The zero-order valence-electron chi connectivity index (χ0n) is 7.36. The lowest BCUT2D eigenvalue weighted by Gasteiger charge is -1.96. The number of carbonyl (C=O) groups is 1. The number of imidazole rings is 1. The maximum atomic E-state index is 10.8. The molecule has 1 aromatic heterocycles. The molecule has 1 N–H and O–H groups in total. The highest BCUT2D eigenvalue weighted by Crippen LogP contribution is 2.19. The molecule has 14 heavy (non-hydrogen) atoms. The molecule has 0 aliphatic heterocycles. The van der Waals surface area contributed by atoms with Crippen LogP contribution in [-0.2, 0) is 7.05 Å². The summed E-state index contributed by atoms with van der Waals surface area (Å²) in [5.41, 5.74) is 1.49. The van der Waals surface area contributed by atoms with Crippen molar-refractivity contribution < 1.29 is 9.90 Å². The van der Waals surface area contributed by atoms with Gasteiger partial charge in [-0.25, -0.2) is 9.78 Å². The summed E-state index contributed by atoms with van der Waals surface area (Å²) in [5.74, 6) is -0.960. The predicted octanol–water partition coefficient (Wildman–Crippen LogP) is 2.03. The van der Waals surface area contributed by atoms with E-state index in [1.165, 1.54) is 0 Å². The average Bonchev–Trinajstić information content (AvgIpc) is 2.44. The molecule has 0 amide bonds. The third-order valence-corrected chi connectivity index (χ3v) is 2.53. The van der Waals surface area contributed by atoms with E-state index in [2.05, 4.69) is 20.9 Å². The highest BCUT2D eigenvalue weighted by molar-refractivity contribution is 9.10. The summed E-state index contributed by atoms with van der Waals surface area (Å²) in [7, 11) is 1.69. The Bertz CT molecular complexity index is 519. The average molecular weight is 255 g/mol. The van der Waals surface area contributed by atoms with Crippen LogP contribution in [0.2, 0.25) is 0 Å². The van der Waals surface area contributed by atoms with Crippen LogP contribution in [0.1, 0.15) is 10.6 Å². The molecule has 0 bridgehead atoms. The second-order valence-corrected chi connectivity index (χ2v) is 3.85. The molecule has 1 heterocycles. The van der Waals surface area contributed by atoms with Crippen molar-refractivity contribution in [1.29, 1.82) is 0 Å². The van der Waals surface area contributed by atoms with Crippen molar-refractivity contribution in [3.05, 3.63) is 28.5 Å². The molecule has 72 valence electrons. The van der Waals surface area contributed by atoms with Crippen LogP contribution in [0.4, 0.5) is 0 Å². The quantitative estimate of drug-likeness (QED) is 0.848. The van der Waals surface area contributed by atoms with Gasteiger partial charge in [0.2, 0.25) is 5.82 Å². The first-order valence-corrected chi connectivity index (χ1v) is 4.74. The first kappa shape index (κ1) is 9.21. The molecule has 5 heteroatoms. The van der Waals surface area contributed by atoms with Crippen LogP contribution in [0.5, 0.6) is 0 Å². The van der Waals surface area contributed by atoms with E-state index < -0.39 is 5.97 Å². The zero-order valence-corrected chi connectivity index (χ0v) is 8.95. The molecule has 0 aliphatic rings. The molecule has 0 radical (unpaired) electrons. The van der Waals surface area contributed by atoms with E-state index in [0.29, 0.717) is 5.52 Å². The highest BCUT2D eigenvalue weighted by Gasteiger charge is 2.13. The van der Waals surface area contributed by atoms with Crippen LogP contribution >= 0.6 is 15.9 Å². The Balaban J connectivity index is 2.80. The summed E-state index contributed by atoms with van der Waals surface area (Å²) in [6.07, 6.45) is 0. The zero-order chi connectivity index (χ0) is 10.3. The maximum absolute atomic E-state index is 10.8. The largest absolute Gasteiger partial charge is 0.475 e. The fourth-order valence-electron chi connectivity index (χ4n) is 1.35. The number of aromatic nitrogens is 2. The van der Waals surface area contributed by atoms with Gasteiger partial charge in [0.25, 0.3) is 0 Å².